The summed E-state index contributed by atoms with van der Waals surface area (Å²) in [7, 11) is 0. The normalized spacial score (nSPS) is 13.2. The molecule has 0 saturated carbocycles. The number of hydrogen-bond donors (Lipinski definition) is 4. The highest BCUT2D eigenvalue weighted by Gasteiger charge is 2.38. The van der Waals surface area contributed by atoms with Crippen LogP contribution in [-0.4, -0.2) is 48.4 Å². The van der Waals surface area contributed by atoms with Crippen molar-refractivity contribution in [1.29, 1.82) is 0 Å². The molecule has 5 aromatic rings. The van der Waals surface area contributed by atoms with Crippen LogP contribution in [-0.2, 0) is 17.8 Å². The van der Waals surface area contributed by atoms with Gasteiger partial charge in [0.05, 0.1) is 17.9 Å². The van der Waals surface area contributed by atoms with Crippen LogP contribution in [0.2, 0.25) is 0 Å². The zero-order chi connectivity index (χ0) is 26.2. The van der Waals surface area contributed by atoms with Gasteiger partial charge in [0.15, 0.2) is 5.82 Å². The van der Waals surface area contributed by atoms with Gasteiger partial charge in [-0.15, -0.1) is 0 Å². The molecule has 1 aromatic carbocycles. The van der Waals surface area contributed by atoms with Gasteiger partial charge in [0.1, 0.15) is 5.69 Å². The minimum atomic E-state index is -5.08. The molecule has 0 unspecified atom stereocenters. The number of alkyl halides is 3. The molecule has 1 aliphatic rings. The third kappa shape index (κ3) is 4.93. The van der Waals surface area contributed by atoms with Gasteiger partial charge in [-0.1, -0.05) is 6.07 Å². The summed E-state index contributed by atoms with van der Waals surface area (Å²) in [4.78, 5) is 21.0. The number of carboxylic acids is 1. The average molecular weight is 513 g/mol. The van der Waals surface area contributed by atoms with Gasteiger partial charge in [-0.25, -0.2) is 23.7 Å². The van der Waals surface area contributed by atoms with E-state index < -0.39 is 18.0 Å². The first-order chi connectivity index (χ1) is 17.7. The van der Waals surface area contributed by atoms with Gasteiger partial charge < -0.3 is 20.7 Å². The molecule has 4 N–H and O–H groups in total. The predicted octanol–water partition coefficient (Wildman–Crippen LogP) is 4.43. The number of pyridine rings is 1. The lowest BCUT2D eigenvalue weighted by molar-refractivity contribution is -0.192. The maximum atomic E-state index is 14.6. The number of aromatic amines is 1. The number of nitrogens with zero attached hydrogens (tertiary/aromatic N) is 4. The molecule has 1 aliphatic heterocycles. The summed E-state index contributed by atoms with van der Waals surface area (Å²) in [5.74, 6) is -2.91. The van der Waals surface area contributed by atoms with Crippen molar-refractivity contribution >= 4 is 34.0 Å². The molecule has 0 spiro atoms. The molecular weight excluding hydrogens is 494 g/mol. The van der Waals surface area contributed by atoms with E-state index in [1.54, 1.807) is 10.7 Å². The number of benzene rings is 1. The first-order valence-electron chi connectivity index (χ1n) is 11.1. The second kappa shape index (κ2) is 9.50. The molecule has 0 bridgehead atoms. The molecule has 0 radical (unpaired) electrons. The van der Waals surface area contributed by atoms with Crippen molar-refractivity contribution in [2.24, 2.45) is 0 Å². The summed E-state index contributed by atoms with van der Waals surface area (Å²) in [6.07, 6.45) is 0.545. The molecule has 13 heteroatoms. The van der Waals surface area contributed by atoms with Crippen molar-refractivity contribution in [3.63, 3.8) is 0 Å². The zero-order valence-electron chi connectivity index (χ0n) is 19.0. The van der Waals surface area contributed by atoms with Crippen LogP contribution in [0.4, 0.5) is 29.2 Å². The number of fused-ring (bicyclic) bond motifs is 4. The molecule has 9 nitrogen and oxygen atoms in total. The molecule has 6 rings (SSSR count). The number of aromatic nitrogens is 5. The average Bonchev–Trinajstić information content (AvgIpc) is 3.46. The summed E-state index contributed by atoms with van der Waals surface area (Å²) >= 11 is 0. The van der Waals surface area contributed by atoms with Gasteiger partial charge >= 0.3 is 12.1 Å². The SMILES string of the molecule is Fc1cnc(Nc2ccc3[nH]c4c(c3c2)CNCC4)nc1-c1cnn2ccccc12.O=C(O)C(F)(F)F. The van der Waals surface area contributed by atoms with E-state index in [0.717, 1.165) is 36.2 Å². The highest BCUT2D eigenvalue weighted by molar-refractivity contribution is 5.88. The van der Waals surface area contributed by atoms with Crippen LogP contribution in [0.5, 0.6) is 0 Å². The van der Waals surface area contributed by atoms with Crippen molar-refractivity contribution in [2.45, 2.75) is 19.1 Å². The Kier molecular flexibility index (Phi) is 6.21. The van der Waals surface area contributed by atoms with Crippen molar-refractivity contribution in [3.8, 4) is 11.3 Å². The van der Waals surface area contributed by atoms with Crippen LogP contribution in [0, 0.1) is 5.82 Å². The molecule has 0 amide bonds. The smallest absolute Gasteiger partial charge is 0.475 e. The lowest BCUT2D eigenvalue weighted by Gasteiger charge is -2.12. The van der Waals surface area contributed by atoms with Crippen molar-refractivity contribution in [1.82, 2.24) is 29.9 Å². The van der Waals surface area contributed by atoms with Crippen LogP contribution in [0.3, 0.4) is 0 Å². The van der Waals surface area contributed by atoms with E-state index in [1.165, 1.54) is 22.8 Å². The number of aliphatic carboxylic acids is 1. The molecular formula is C24H19F4N7O2. The molecule has 37 heavy (non-hydrogen) atoms. The zero-order valence-corrected chi connectivity index (χ0v) is 19.0. The number of carbonyl (C=O) groups is 1. The first-order valence-corrected chi connectivity index (χ1v) is 11.1. The molecule has 0 aliphatic carbocycles. The summed E-state index contributed by atoms with van der Waals surface area (Å²) < 4.78 is 48.0. The molecule has 4 aromatic heterocycles. The van der Waals surface area contributed by atoms with Gasteiger partial charge in [0.2, 0.25) is 5.95 Å². The van der Waals surface area contributed by atoms with Crippen LogP contribution >= 0.6 is 0 Å². The van der Waals surface area contributed by atoms with E-state index in [-0.39, 0.29) is 5.69 Å². The number of rotatable bonds is 3. The number of nitrogens with one attached hydrogen (secondary N) is 3. The Labute approximate surface area is 206 Å². The number of carboxylic acid groups (broad SMARTS) is 1. The number of halogens is 4. The third-order valence-corrected chi connectivity index (χ3v) is 5.77. The Morgan fingerprint density at radius 2 is 1.97 bits per heavy atom. The highest BCUT2D eigenvalue weighted by atomic mass is 19.4. The van der Waals surface area contributed by atoms with E-state index in [1.807, 2.05) is 36.5 Å². The fraction of sp³-hybridized carbons (Fsp3) is 0.167. The molecule has 0 fully saturated rings. The van der Waals surface area contributed by atoms with Gasteiger partial charge in [-0.2, -0.15) is 18.3 Å². The molecule has 0 atom stereocenters. The quantitative estimate of drug-likeness (QED) is 0.264. The van der Waals surface area contributed by atoms with Gasteiger partial charge in [-0.3, -0.25) is 0 Å². The summed E-state index contributed by atoms with van der Waals surface area (Å²) in [6, 6.07) is 11.7. The van der Waals surface area contributed by atoms with E-state index in [0.29, 0.717) is 11.5 Å². The topological polar surface area (TPSA) is 120 Å². The second-order valence-electron chi connectivity index (χ2n) is 8.18. The van der Waals surface area contributed by atoms with Crippen LogP contribution < -0.4 is 10.6 Å². The predicted molar refractivity (Wildman–Crippen MR) is 127 cm³/mol. The minimum absolute atomic E-state index is 0.220. The standard InChI is InChI=1S/C22H18FN7.C2HF3O2/c23-17-12-25-22(29-21(17)16-11-26-30-8-2-1-3-20(16)30)27-13-4-5-18-14(9-13)15-10-24-7-6-19(15)28-18;3-2(4,5)1(6)7/h1-5,8-9,11-12,24,28H,6-7,10H2,(H,25,27,29);(H,6,7). The number of H-pyrrole nitrogens is 1. The Morgan fingerprint density at radius 3 is 2.76 bits per heavy atom. The maximum absolute atomic E-state index is 14.6. The summed E-state index contributed by atoms with van der Waals surface area (Å²) in [5, 5.41) is 19.2. The first kappa shape index (κ1) is 24.2. The monoisotopic (exact) mass is 513 g/mol. The van der Waals surface area contributed by atoms with Gasteiger partial charge in [0.25, 0.3) is 0 Å². The molecule has 5 heterocycles. The van der Waals surface area contributed by atoms with E-state index >= 15 is 0 Å². The van der Waals surface area contributed by atoms with Gasteiger partial charge in [0, 0.05) is 53.6 Å². The van der Waals surface area contributed by atoms with E-state index in [2.05, 4.69) is 36.8 Å². The Morgan fingerprint density at radius 1 is 1.16 bits per heavy atom. The van der Waals surface area contributed by atoms with E-state index in [9.17, 15) is 17.6 Å². The summed E-state index contributed by atoms with van der Waals surface area (Å²) in [6.45, 7) is 1.84. The Hall–Kier alpha value is -4.52. The Balaban J connectivity index is 0.000000355. The Bertz CT molecular complexity index is 1610. The van der Waals surface area contributed by atoms with Crippen molar-refractivity contribution in [2.75, 3.05) is 11.9 Å². The minimum Gasteiger partial charge on any atom is -0.475 e. The van der Waals surface area contributed by atoms with Crippen LogP contribution in [0.15, 0.2) is 55.0 Å². The molecule has 190 valence electrons. The van der Waals surface area contributed by atoms with E-state index in [4.69, 9.17) is 9.90 Å². The highest BCUT2D eigenvalue weighted by Crippen LogP contribution is 2.30. The summed E-state index contributed by atoms with van der Waals surface area (Å²) in [5.41, 5.74) is 6.18. The fourth-order valence-corrected chi connectivity index (χ4v) is 4.09. The third-order valence-electron chi connectivity index (χ3n) is 5.77. The van der Waals surface area contributed by atoms with Crippen LogP contribution in [0.25, 0.3) is 27.7 Å². The van der Waals surface area contributed by atoms with Crippen molar-refractivity contribution < 1.29 is 27.5 Å². The fourth-order valence-electron chi connectivity index (χ4n) is 4.09. The number of hydrogen-bond acceptors (Lipinski definition) is 6. The largest absolute Gasteiger partial charge is 0.490 e. The van der Waals surface area contributed by atoms with Crippen LogP contribution in [0.1, 0.15) is 11.3 Å². The van der Waals surface area contributed by atoms with Crippen molar-refractivity contribution in [3.05, 3.63) is 72.1 Å². The lowest BCUT2D eigenvalue weighted by Crippen LogP contribution is -2.22. The second-order valence-corrected chi connectivity index (χ2v) is 8.18. The molecule has 0 saturated heterocycles. The lowest BCUT2D eigenvalue weighted by atomic mass is 10.1. The maximum Gasteiger partial charge on any atom is 0.490 e. The van der Waals surface area contributed by atoms with Gasteiger partial charge in [-0.05, 0) is 35.9 Å². The number of anilines is 2.